The SMILES string of the molecule is CCOP(=O)(COc1ccc2c(c1)C[N+](C)(C)C2)OCC. The summed E-state index contributed by atoms with van der Waals surface area (Å²) in [4.78, 5) is 0. The van der Waals surface area contributed by atoms with Crippen molar-refractivity contribution in [3.8, 4) is 5.75 Å². The fourth-order valence-electron chi connectivity index (χ4n) is 2.63. The van der Waals surface area contributed by atoms with Gasteiger partial charge in [0.05, 0.1) is 27.3 Å². The molecule has 0 atom stereocenters. The fraction of sp³-hybridized carbons (Fsp3) is 0.600. The van der Waals surface area contributed by atoms with Crippen LogP contribution in [0.4, 0.5) is 0 Å². The zero-order chi connectivity index (χ0) is 15.5. The van der Waals surface area contributed by atoms with Crippen LogP contribution in [0.5, 0.6) is 5.75 Å². The molecule has 1 aliphatic rings. The number of nitrogens with zero attached hydrogens (tertiary/aromatic N) is 1. The van der Waals surface area contributed by atoms with Gasteiger partial charge in [-0.05, 0) is 32.0 Å². The highest BCUT2D eigenvalue weighted by atomic mass is 31.2. The number of ether oxygens (including phenoxy) is 1. The van der Waals surface area contributed by atoms with Crippen molar-refractivity contribution < 1.29 is 22.8 Å². The lowest BCUT2D eigenvalue weighted by Gasteiger charge is -2.22. The van der Waals surface area contributed by atoms with Crippen molar-refractivity contribution in [1.29, 1.82) is 0 Å². The summed E-state index contributed by atoms with van der Waals surface area (Å²) in [6.45, 7) is 6.29. The van der Waals surface area contributed by atoms with E-state index in [4.69, 9.17) is 13.8 Å². The van der Waals surface area contributed by atoms with E-state index in [9.17, 15) is 4.57 Å². The lowest BCUT2D eigenvalue weighted by Crippen LogP contribution is -2.32. The van der Waals surface area contributed by atoms with E-state index >= 15 is 0 Å². The van der Waals surface area contributed by atoms with Crippen molar-refractivity contribution in [2.45, 2.75) is 26.9 Å². The summed E-state index contributed by atoms with van der Waals surface area (Å²) in [5, 5.41) is 0. The van der Waals surface area contributed by atoms with Crippen molar-refractivity contribution in [3.05, 3.63) is 29.3 Å². The average molecular weight is 314 g/mol. The lowest BCUT2D eigenvalue weighted by atomic mass is 10.1. The van der Waals surface area contributed by atoms with Crippen LogP contribution in [-0.4, -0.2) is 38.1 Å². The summed E-state index contributed by atoms with van der Waals surface area (Å²) in [6, 6.07) is 6.04. The van der Waals surface area contributed by atoms with E-state index < -0.39 is 7.60 Å². The summed E-state index contributed by atoms with van der Waals surface area (Å²) in [7, 11) is 1.26. The van der Waals surface area contributed by atoms with Crippen LogP contribution in [0.3, 0.4) is 0 Å². The van der Waals surface area contributed by atoms with Gasteiger partial charge in [0.15, 0.2) is 6.35 Å². The Kier molecular flexibility index (Phi) is 5.10. The van der Waals surface area contributed by atoms with Crippen molar-refractivity contribution in [3.63, 3.8) is 0 Å². The highest BCUT2D eigenvalue weighted by Gasteiger charge is 2.29. The highest BCUT2D eigenvalue weighted by Crippen LogP contribution is 2.48. The van der Waals surface area contributed by atoms with Crippen LogP contribution in [0, 0.1) is 0 Å². The molecule has 0 aromatic heterocycles. The third-order valence-electron chi connectivity index (χ3n) is 3.42. The molecule has 0 saturated heterocycles. The zero-order valence-corrected chi connectivity index (χ0v) is 14.2. The van der Waals surface area contributed by atoms with E-state index in [0.717, 1.165) is 23.3 Å². The molecule has 1 aromatic rings. The molecule has 2 rings (SSSR count). The van der Waals surface area contributed by atoms with Gasteiger partial charge in [-0.2, -0.15) is 0 Å². The van der Waals surface area contributed by atoms with Gasteiger partial charge in [-0.25, -0.2) is 0 Å². The first-order valence-corrected chi connectivity index (χ1v) is 9.05. The van der Waals surface area contributed by atoms with Crippen LogP contribution in [0.15, 0.2) is 18.2 Å². The van der Waals surface area contributed by atoms with Gasteiger partial charge >= 0.3 is 7.60 Å². The maximum absolute atomic E-state index is 12.4. The summed E-state index contributed by atoms with van der Waals surface area (Å²) in [5.41, 5.74) is 2.64. The van der Waals surface area contributed by atoms with E-state index in [1.54, 1.807) is 13.8 Å². The number of rotatable bonds is 7. The van der Waals surface area contributed by atoms with Gasteiger partial charge in [0.1, 0.15) is 18.8 Å². The molecule has 0 aliphatic carbocycles. The molecule has 5 nitrogen and oxygen atoms in total. The molecule has 0 amide bonds. The fourth-order valence-corrected chi connectivity index (χ4v) is 3.95. The third kappa shape index (κ3) is 4.30. The number of hydrogen-bond donors (Lipinski definition) is 0. The predicted molar refractivity (Wildman–Crippen MR) is 82.3 cm³/mol. The van der Waals surface area contributed by atoms with Crippen LogP contribution in [0.25, 0.3) is 0 Å². The Hall–Kier alpha value is -0.870. The second-order valence-corrected chi connectivity index (χ2v) is 7.90. The first-order chi connectivity index (χ1) is 9.87. The molecule has 0 spiro atoms. The van der Waals surface area contributed by atoms with Gasteiger partial charge in [0.25, 0.3) is 0 Å². The molecule has 21 heavy (non-hydrogen) atoms. The van der Waals surface area contributed by atoms with Crippen molar-refractivity contribution in [2.24, 2.45) is 0 Å². The summed E-state index contributed by atoms with van der Waals surface area (Å²) >= 11 is 0. The van der Waals surface area contributed by atoms with Gasteiger partial charge in [-0.15, -0.1) is 0 Å². The smallest absolute Gasteiger partial charge is 0.367 e. The topological polar surface area (TPSA) is 44.8 Å². The van der Waals surface area contributed by atoms with Crippen molar-refractivity contribution >= 4 is 7.60 Å². The Balaban J connectivity index is 2.03. The van der Waals surface area contributed by atoms with E-state index in [1.807, 2.05) is 12.1 Å². The number of fused-ring (bicyclic) bond motifs is 1. The summed E-state index contributed by atoms with van der Waals surface area (Å²) in [5.74, 6) is 0.718. The normalized spacial score (nSPS) is 16.8. The van der Waals surface area contributed by atoms with Crippen molar-refractivity contribution in [2.75, 3.05) is 33.7 Å². The molecule has 0 unspecified atom stereocenters. The van der Waals surface area contributed by atoms with E-state index in [-0.39, 0.29) is 6.35 Å². The zero-order valence-electron chi connectivity index (χ0n) is 13.3. The van der Waals surface area contributed by atoms with E-state index in [2.05, 4.69) is 20.2 Å². The number of quaternary nitrogens is 1. The van der Waals surface area contributed by atoms with Gasteiger partial charge in [-0.1, -0.05) is 0 Å². The van der Waals surface area contributed by atoms with Crippen LogP contribution in [-0.2, 0) is 26.7 Å². The Morgan fingerprint density at radius 3 is 2.33 bits per heavy atom. The van der Waals surface area contributed by atoms with Gasteiger partial charge < -0.3 is 18.3 Å². The standard InChI is InChI=1S/C15H25NO4P/c1-5-19-21(17,20-6-2)12-18-15-8-7-13-10-16(3,4)11-14(13)9-15/h7-9H,5-6,10-12H2,1-4H3/q+1. The van der Waals surface area contributed by atoms with E-state index in [1.165, 1.54) is 11.1 Å². The van der Waals surface area contributed by atoms with Gasteiger partial charge in [-0.3, -0.25) is 4.57 Å². The van der Waals surface area contributed by atoms with Crippen molar-refractivity contribution in [1.82, 2.24) is 0 Å². The Morgan fingerprint density at radius 2 is 1.71 bits per heavy atom. The average Bonchev–Trinajstić information content (AvgIpc) is 2.70. The second kappa shape index (κ2) is 6.49. The molecule has 1 aromatic carbocycles. The summed E-state index contributed by atoms with van der Waals surface area (Å²) < 4.78 is 29.4. The molecule has 0 saturated carbocycles. The molecule has 1 heterocycles. The van der Waals surface area contributed by atoms with Gasteiger partial charge in [0.2, 0.25) is 0 Å². The van der Waals surface area contributed by atoms with Crippen LogP contribution in [0.1, 0.15) is 25.0 Å². The Morgan fingerprint density at radius 1 is 1.10 bits per heavy atom. The van der Waals surface area contributed by atoms with Gasteiger partial charge in [0, 0.05) is 11.1 Å². The first kappa shape index (κ1) is 16.5. The number of benzene rings is 1. The Bertz CT molecular complexity index is 534. The minimum absolute atomic E-state index is 0.0499. The van der Waals surface area contributed by atoms with Crippen LogP contribution >= 0.6 is 7.60 Å². The minimum Gasteiger partial charge on any atom is -0.481 e. The highest BCUT2D eigenvalue weighted by molar-refractivity contribution is 7.53. The molecule has 0 radical (unpaired) electrons. The maximum Gasteiger partial charge on any atom is 0.367 e. The summed E-state index contributed by atoms with van der Waals surface area (Å²) in [6.07, 6.45) is -0.0499. The molecule has 1 aliphatic heterocycles. The molecule has 6 heteroatoms. The van der Waals surface area contributed by atoms with Crippen LogP contribution < -0.4 is 4.74 Å². The minimum atomic E-state index is -3.16. The quantitative estimate of drug-likeness (QED) is 0.572. The molecule has 0 bridgehead atoms. The second-order valence-electron chi connectivity index (χ2n) is 5.90. The molecular weight excluding hydrogens is 289 g/mol. The molecular formula is C15H25NO4P+. The molecule has 0 N–H and O–H groups in total. The maximum atomic E-state index is 12.4. The largest absolute Gasteiger partial charge is 0.481 e. The Labute approximate surface area is 126 Å². The van der Waals surface area contributed by atoms with E-state index in [0.29, 0.717) is 13.2 Å². The lowest BCUT2D eigenvalue weighted by molar-refractivity contribution is -0.910. The first-order valence-electron chi connectivity index (χ1n) is 7.32. The predicted octanol–water partition coefficient (Wildman–Crippen LogP) is 3.38. The third-order valence-corrected chi connectivity index (χ3v) is 5.16. The molecule has 118 valence electrons. The number of hydrogen-bond acceptors (Lipinski definition) is 4. The van der Waals surface area contributed by atoms with Crippen LogP contribution in [0.2, 0.25) is 0 Å². The molecule has 0 fully saturated rings. The monoisotopic (exact) mass is 314 g/mol.